The molecule has 2 rings (SSSR count). The smallest absolute Gasteiger partial charge is 0.269 e. The lowest BCUT2D eigenvalue weighted by atomic mass is 10.1. The van der Waals surface area contributed by atoms with Crippen molar-refractivity contribution in [2.24, 2.45) is 5.92 Å². The van der Waals surface area contributed by atoms with Gasteiger partial charge in [0.25, 0.3) is 5.91 Å². The summed E-state index contributed by atoms with van der Waals surface area (Å²) in [6.45, 7) is 6.18. The first-order valence-electron chi connectivity index (χ1n) is 8.42. The normalized spacial score (nSPS) is 10.5. The molecule has 0 saturated carbocycles. The molecule has 138 valence electrons. The molecule has 0 unspecified atom stereocenters. The van der Waals surface area contributed by atoms with Gasteiger partial charge in [-0.2, -0.15) is 0 Å². The highest BCUT2D eigenvalue weighted by Gasteiger charge is 2.09. The minimum absolute atomic E-state index is 0.211. The molecule has 0 spiro atoms. The van der Waals surface area contributed by atoms with Crippen LogP contribution in [0.3, 0.4) is 0 Å². The van der Waals surface area contributed by atoms with Crippen LogP contribution in [-0.4, -0.2) is 11.8 Å². The van der Waals surface area contributed by atoms with E-state index in [0.29, 0.717) is 23.6 Å². The number of rotatable bonds is 6. The summed E-state index contributed by atoms with van der Waals surface area (Å²) < 4.78 is 5.73. The molecule has 5 nitrogen and oxygen atoms in total. The fourth-order valence-corrected chi connectivity index (χ4v) is 2.36. The first-order valence-corrected chi connectivity index (χ1v) is 8.80. The molecule has 0 bridgehead atoms. The highest BCUT2D eigenvalue weighted by atomic mass is 35.5. The van der Waals surface area contributed by atoms with Crippen LogP contribution in [0.2, 0.25) is 5.02 Å². The van der Waals surface area contributed by atoms with Gasteiger partial charge in [0.2, 0.25) is 5.91 Å². The van der Waals surface area contributed by atoms with E-state index in [9.17, 15) is 9.59 Å². The van der Waals surface area contributed by atoms with E-state index >= 15 is 0 Å². The zero-order chi connectivity index (χ0) is 19.1. The third-order valence-electron chi connectivity index (χ3n) is 3.66. The van der Waals surface area contributed by atoms with Crippen molar-refractivity contribution >= 4 is 23.4 Å². The number of hydrogen-bond acceptors (Lipinski definition) is 3. The predicted molar refractivity (Wildman–Crippen MR) is 102 cm³/mol. The van der Waals surface area contributed by atoms with Crippen molar-refractivity contribution in [2.45, 2.75) is 33.8 Å². The highest BCUT2D eigenvalue weighted by molar-refractivity contribution is 6.31. The second kappa shape index (κ2) is 9.25. The van der Waals surface area contributed by atoms with Gasteiger partial charge in [-0.1, -0.05) is 37.6 Å². The van der Waals surface area contributed by atoms with E-state index in [0.717, 1.165) is 16.9 Å². The van der Waals surface area contributed by atoms with E-state index in [2.05, 4.69) is 10.9 Å². The highest BCUT2D eigenvalue weighted by Crippen LogP contribution is 2.21. The Morgan fingerprint density at radius 1 is 1.08 bits per heavy atom. The van der Waals surface area contributed by atoms with Crippen LogP contribution in [0.25, 0.3) is 0 Å². The van der Waals surface area contributed by atoms with Gasteiger partial charge in [-0.15, -0.1) is 0 Å². The summed E-state index contributed by atoms with van der Waals surface area (Å²) in [5.74, 6) is 0.400. The molecule has 26 heavy (non-hydrogen) atoms. The molecular formula is C20H23ClN2O3. The monoisotopic (exact) mass is 374 g/mol. The molecule has 0 atom stereocenters. The molecule has 2 aromatic rings. The number of carbonyl (C=O) groups is 2. The van der Waals surface area contributed by atoms with E-state index in [1.165, 1.54) is 0 Å². The van der Waals surface area contributed by atoms with Gasteiger partial charge >= 0.3 is 0 Å². The standard InChI is InChI=1S/C20H23ClN2O3/c1-13(2)10-19(24)22-23-20(25)16-6-4-15(5-7-16)12-26-17-8-9-18(21)14(3)11-17/h4-9,11,13H,10,12H2,1-3H3,(H,22,24)(H,23,25). The first-order chi connectivity index (χ1) is 12.3. The van der Waals surface area contributed by atoms with E-state index < -0.39 is 0 Å². The molecule has 2 amide bonds. The van der Waals surface area contributed by atoms with Crippen molar-refractivity contribution < 1.29 is 14.3 Å². The van der Waals surface area contributed by atoms with Crippen LogP contribution in [0.15, 0.2) is 42.5 Å². The van der Waals surface area contributed by atoms with E-state index in [-0.39, 0.29) is 17.7 Å². The van der Waals surface area contributed by atoms with Gasteiger partial charge in [-0.25, -0.2) is 0 Å². The second-order valence-electron chi connectivity index (χ2n) is 6.50. The Morgan fingerprint density at radius 2 is 1.77 bits per heavy atom. The summed E-state index contributed by atoms with van der Waals surface area (Å²) >= 11 is 6.00. The molecule has 0 radical (unpaired) electrons. The number of benzene rings is 2. The number of ether oxygens (including phenoxy) is 1. The van der Waals surface area contributed by atoms with Crippen LogP contribution in [0.5, 0.6) is 5.75 Å². The zero-order valence-corrected chi connectivity index (χ0v) is 15.9. The minimum Gasteiger partial charge on any atom is -0.489 e. The van der Waals surface area contributed by atoms with Gasteiger partial charge in [0.05, 0.1) is 0 Å². The van der Waals surface area contributed by atoms with Crippen LogP contribution in [-0.2, 0) is 11.4 Å². The van der Waals surface area contributed by atoms with Crippen LogP contribution < -0.4 is 15.6 Å². The molecule has 0 aliphatic carbocycles. The quantitative estimate of drug-likeness (QED) is 0.750. The van der Waals surface area contributed by atoms with Crippen LogP contribution in [0.4, 0.5) is 0 Å². The first kappa shape index (κ1) is 19.8. The molecule has 2 N–H and O–H groups in total. The molecule has 0 heterocycles. The number of hydrazine groups is 1. The van der Waals surface area contributed by atoms with E-state index in [1.54, 1.807) is 18.2 Å². The second-order valence-corrected chi connectivity index (χ2v) is 6.90. The number of amides is 2. The van der Waals surface area contributed by atoms with Crippen molar-refractivity contribution in [3.05, 3.63) is 64.2 Å². The zero-order valence-electron chi connectivity index (χ0n) is 15.1. The summed E-state index contributed by atoms with van der Waals surface area (Å²) in [6.07, 6.45) is 0.362. The lowest BCUT2D eigenvalue weighted by molar-refractivity contribution is -0.122. The topological polar surface area (TPSA) is 67.4 Å². The Labute approximate surface area is 158 Å². The van der Waals surface area contributed by atoms with Gasteiger partial charge in [0.1, 0.15) is 12.4 Å². The fourth-order valence-electron chi connectivity index (χ4n) is 2.25. The van der Waals surface area contributed by atoms with Crippen LogP contribution in [0.1, 0.15) is 41.8 Å². The van der Waals surface area contributed by atoms with Crippen LogP contribution >= 0.6 is 11.6 Å². The Balaban J connectivity index is 1.86. The molecule has 0 aliphatic rings. The number of nitrogens with one attached hydrogen (secondary N) is 2. The Hall–Kier alpha value is -2.53. The Morgan fingerprint density at radius 3 is 2.38 bits per heavy atom. The van der Waals surface area contributed by atoms with Gasteiger partial charge < -0.3 is 4.74 Å². The number of halogens is 1. The van der Waals surface area contributed by atoms with Gasteiger partial charge in [0, 0.05) is 17.0 Å². The SMILES string of the molecule is Cc1cc(OCc2ccc(C(=O)NNC(=O)CC(C)C)cc2)ccc1Cl. The van der Waals surface area contributed by atoms with E-state index in [4.69, 9.17) is 16.3 Å². The number of aryl methyl sites for hydroxylation is 1. The molecule has 0 saturated heterocycles. The van der Waals surface area contributed by atoms with Crippen molar-refractivity contribution in [1.82, 2.24) is 10.9 Å². The fraction of sp³-hybridized carbons (Fsp3) is 0.300. The van der Waals surface area contributed by atoms with Crippen LogP contribution in [0, 0.1) is 12.8 Å². The third kappa shape index (κ3) is 6.08. The summed E-state index contributed by atoms with van der Waals surface area (Å²) in [6, 6.07) is 12.5. The van der Waals surface area contributed by atoms with Gasteiger partial charge in [-0.3, -0.25) is 20.4 Å². The molecule has 0 aliphatic heterocycles. The number of carbonyl (C=O) groups excluding carboxylic acids is 2. The van der Waals surface area contributed by atoms with Crippen molar-refractivity contribution in [1.29, 1.82) is 0 Å². The maximum atomic E-state index is 12.0. The van der Waals surface area contributed by atoms with Gasteiger partial charge in [-0.05, 0) is 54.3 Å². The average molecular weight is 375 g/mol. The third-order valence-corrected chi connectivity index (χ3v) is 4.08. The molecule has 6 heteroatoms. The minimum atomic E-state index is -0.358. The van der Waals surface area contributed by atoms with E-state index in [1.807, 2.05) is 45.0 Å². The van der Waals surface area contributed by atoms with Gasteiger partial charge in [0.15, 0.2) is 0 Å². The van der Waals surface area contributed by atoms with Crippen molar-refractivity contribution in [2.75, 3.05) is 0 Å². The molecule has 0 aromatic heterocycles. The lowest BCUT2D eigenvalue weighted by Gasteiger charge is -2.10. The molecule has 0 fully saturated rings. The molecular weight excluding hydrogens is 352 g/mol. The summed E-state index contributed by atoms with van der Waals surface area (Å²) in [5, 5.41) is 0.702. The lowest BCUT2D eigenvalue weighted by Crippen LogP contribution is -2.42. The Bertz CT molecular complexity index is 773. The summed E-state index contributed by atoms with van der Waals surface area (Å²) in [4.78, 5) is 23.6. The summed E-state index contributed by atoms with van der Waals surface area (Å²) in [5.41, 5.74) is 7.16. The largest absolute Gasteiger partial charge is 0.489 e. The Kier molecular flexibility index (Phi) is 7.04. The predicted octanol–water partition coefficient (Wildman–Crippen LogP) is 4.03. The average Bonchev–Trinajstić information content (AvgIpc) is 2.60. The maximum Gasteiger partial charge on any atom is 0.269 e. The van der Waals surface area contributed by atoms with Crippen molar-refractivity contribution in [3.8, 4) is 5.75 Å². The molecule has 2 aromatic carbocycles. The number of hydrogen-bond donors (Lipinski definition) is 2. The maximum absolute atomic E-state index is 12.0. The summed E-state index contributed by atoms with van der Waals surface area (Å²) in [7, 11) is 0. The van der Waals surface area contributed by atoms with Crippen molar-refractivity contribution in [3.63, 3.8) is 0 Å².